The van der Waals surface area contributed by atoms with Crippen LogP contribution in [0.4, 0.5) is 5.69 Å². The minimum absolute atomic E-state index is 0.0617. The average molecular weight is 279 g/mol. The number of benzene rings is 1. The Kier molecular flexibility index (Phi) is 2.89. The zero-order valence-electron chi connectivity index (χ0n) is 11.6. The second kappa shape index (κ2) is 4.23. The zero-order chi connectivity index (χ0) is 13.7. The lowest BCUT2D eigenvalue weighted by atomic mass is 9.68. The monoisotopic (exact) mass is 279 g/mol. The molecule has 19 heavy (non-hydrogen) atoms. The predicted molar refractivity (Wildman–Crippen MR) is 77.9 cm³/mol. The van der Waals surface area contributed by atoms with Crippen molar-refractivity contribution in [2.75, 3.05) is 17.1 Å². The lowest BCUT2D eigenvalue weighted by Gasteiger charge is -2.36. The minimum Gasteiger partial charge on any atom is -0.269 e. The van der Waals surface area contributed by atoms with E-state index in [1.807, 2.05) is 18.2 Å². The molecule has 0 saturated heterocycles. The van der Waals surface area contributed by atoms with Gasteiger partial charge in [-0.3, -0.25) is 4.31 Å². The Morgan fingerprint density at radius 2 is 1.84 bits per heavy atom. The third-order valence-electron chi connectivity index (χ3n) is 4.82. The van der Waals surface area contributed by atoms with Gasteiger partial charge in [-0.15, -0.1) is 0 Å². The molecule has 1 aliphatic carbocycles. The summed E-state index contributed by atoms with van der Waals surface area (Å²) in [6.07, 6.45) is 5.93. The summed E-state index contributed by atoms with van der Waals surface area (Å²) in [5.74, 6) is 0.769. The van der Waals surface area contributed by atoms with Gasteiger partial charge >= 0.3 is 0 Å². The summed E-state index contributed by atoms with van der Waals surface area (Å²) in [5.41, 5.74) is 2.21. The second-order valence-corrected chi connectivity index (χ2v) is 8.16. The van der Waals surface area contributed by atoms with E-state index in [0.29, 0.717) is 6.54 Å². The lowest BCUT2D eigenvalue weighted by molar-refractivity contribution is 0.258. The van der Waals surface area contributed by atoms with Gasteiger partial charge < -0.3 is 0 Å². The van der Waals surface area contributed by atoms with Crippen molar-refractivity contribution in [2.24, 2.45) is 5.92 Å². The first-order chi connectivity index (χ1) is 8.92. The van der Waals surface area contributed by atoms with Crippen molar-refractivity contribution in [3.05, 3.63) is 29.8 Å². The summed E-state index contributed by atoms with van der Waals surface area (Å²) in [5, 5.41) is 0. The van der Waals surface area contributed by atoms with Gasteiger partial charge in [0.05, 0.1) is 11.9 Å². The summed E-state index contributed by atoms with van der Waals surface area (Å²) in [6.45, 7) is 2.93. The van der Waals surface area contributed by atoms with Crippen molar-refractivity contribution < 1.29 is 8.42 Å². The molecule has 1 heterocycles. The molecule has 0 atom stereocenters. The molecule has 104 valence electrons. The van der Waals surface area contributed by atoms with Crippen LogP contribution >= 0.6 is 0 Å². The van der Waals surface area contributed by atoms with Crippen LogP contribution in [0, 0.1) is 5.92 Å². The first-order valence-corrected chi connectivity index (χ1v) is 8.84. The molecule has 0 N–H and O–H groups in total. The molecule has 0 unspecified atom stereocenters. The summed E-state index contributed by atoms with van der Waals surface area (Å²) < 4.78 is 25.6. The Morgan fingerprint density at radius 3 is 2.47 bits per heavy atom. The van der Waals surface area contributed by atoms with Gasteiger partial charge in [-0.05, 0) is 43.2 Å². The molecule has 3 rings (SSSR count). The van der Waals surface area contributed by atoms with Gasteiger partial charge in [0.2, 0.25) is 10.0 Å². The fraction of sp³-hybridized carbons (Fsp3) is 0.600. The quantitative estimate of drug-likeness (QED) is 0.792. The third-order valence-corrected chi connectivity index (χ3v) is 5.95. The van der Waals surface area contributed by atoms with E-state index in [-0.39, 0.29) is 5.41 Å². The Labute approximate surface area is 115 Å². The molecule has 0 amide bonds. The summed E-state index contributed by atoms with van der Waals surface area (Å²) >= 11 is 0. The molecule has 1 spiro atoms. The summed E-state index contributed by atoms with van der Waals surface area (Å²) in [6, 6.07) is 8.03. The third kappa shape index (κ3) is 2.06. The van der Waals surface area contributed by atoms with Gasteiger partial charge in [-0.25, -0.2) is 8.42 Å². The normalized spacial score (nSPS) is 30.6. The summed E-state index contributed by atoms with van der Waals surface area (Å²) in [7, 11) is -3.17. The van der Waals surface area contributed by atoms with E-state index < -0.39 is 10.0 Å². The van der Waals surface area contributed by atoms with Gasteiger partial charge in [-0.1, -0.05) is 25.1 Å². The number of fused-ring (bicyclic) bond motifs is 2. The summed E-state index contributed by atoms with van der Waals surface area (Å²) in [4.78, 5) is 0. The van der Waals surface area contributed by atoms with Crippen LogP contribution in [-0.2, 0) is 15.4 Å². The van der Waals surface area contributed by atoms with Crippen LogP contribution in [0.2, 0.25) is 0 Å². The van der Waals surface area contributed by atoms with E-state index in [2.05, 4.69) is 13.0 Å². The predicted octanol–water partition coefficient (Wildman–Crippen LogP) is 2.91. The van der Waals surface area contributed by atoms with Crippen molar-refractivity contribution in [1.82, 2.24) is 0 Å². The van der Waals surface area contributed by atoms with Crippen molar-refractivity contribution in [3.63, 3.8) is 0 Å². The number of para-hydroxylation sites is 1. The maximum Gasteiger partial charge on any atom is 0.232 e. The largest absolute Gasteiger partial charge is 0.269 e. The smallest absolute Gasteiger partial charge is 0.232 e. The molecule has 1 fully saturated rings. The fourth-order valence-corrected chi connectivity index (χ4v) is 4.62. The average Bonchev–Trinajstić information content (AvgIpc) is 2.69. The molecule has 0 aromatic heterocycles. The van der Waals surface area contributed by atoms with Gasteiger partial charge in [-0.2, -0.15) is 0 Å². The van der Waals surface area contributed by atoms with E-state index in [0.717, 1.165) is 24.4 Å². The van der Waals surface area contributed by atoms with Crippen molar-refractivity contribution >= 4 is 15.7 Å². The molecule has 1 saturated carbocycles. The molecular weight excluding hydrogens is 258 g/mol. The van der Waals surface area contributed by atoms with Crippen LogP contribution in [0.1, 0.15) is 38.2 Å². The topological polar surface area (TPSA) is 37.4 Å². The van der Waals surface area contributed by atoms with E-state index in [9.17, 15) is 8.42 Å². The first kappa shape index (κ1) is 13.0. The van der Waals surface area contributed by atoms with E-state index >= 15 is 0 Å². The fourth-order valence-electron chi connectivity index (χ4n) is 3.62. The van der Waals surface area contributed by atoms with Gasteiger partial charge in [0, 0.05) is 12.0 Å². The molecule has 1 aliphatic heterocycles. The molecule has 3 nitrogen and oxygen atoms in total. The van der Waals surface area contributed by atoms with Gasteiger partial charge in [0.15, 0.2) is 0 Å². The SMILES string of the molecule is CC1CCC2(CC1)CN(S(C)(=O)=O)c1ccccc12. The van der Waals surface area contributed by atoms with Crippen molar-refractivity contribution in [1.29, 1.82) is 0 Å². The zero-order valence-corrected chi connectivity index (χ0v) is 12.4. The van der Waals surface area contributed by atoms with Crippen molar-refractivity contribution in [3.8, 4) is 0 Å². The maximum absolute atomic E-state index is 12.0. The van der Waals surface area contributed by atoms with Gasteiger partial charge in [0.25, 0.3) is 0 Å². The molecule has 1 aromatic carbocycles. The highest BCUT2D eigenvalue weighted by Crippen LogP contribution is 2.50. The molecule has 1 aromatic rings. The first-order valence-electron chi connectivity index (χ1n) is 7.00. The number of rotatable bonds is 1. The number of nitrogens with zero attached hydrogens (tertiary/aromatic N) is 1. The standard InChI is InChI=1S/C15H21NO2S/c1-12-7-9-15(10-8-12)11-16(19(2,17)18)14-6-4-3-5-13(14)15/h3-6,12H,7-11H2,1-2H3. The van der Waals surface area contributed by atoms with E-state index in [4.69, 9.17) is 0 Å². The Hall–Kier alpha value is -1.03. The number of hydrogen-bond acceptors (Lipinski definition) is 2. The van der Waals surface area contributed by atoms with E-state index in [1.54, 1.807) is 4.31 Å². The van der Waals surface area contributed by atoms with Crippen molar-refractivity contribution in [2.45, 2.75) is 38.0 Å². The highest BCUT2D eigenvalue weighted by molar-refractivity contribution is 7.92. The molecule has 0 radical (unpaired) electrons. The Bertz CT molecular complexity index is 586. The second-order valence-electron chi connectivity index (χ2n) is 6.25. The molecule has 4 heteroatoms. The van der Waals surface area contributed by atoms with Crippen LogP contribution in [0.15, 0.2) is 24.3 Å². The van der Waals surface area contributed by atoms with Crippen LogP contribution in [0.25, 0.3) is 0 Å². The molecular formula is C15H21NO2S. The van der Waals surface area contributed by atoms with Gasteiger partial charge in [0.1, 0.15) is 0 Å². The van der Waals surface area contributed by atoms with Crippen LogP contribution in [0.5, 0.6) is 0 Å². The van der Waals surface area contributed by atoms with Crippen LogP contribution in [-0.4, -0.2) is 21.2 Å². The Morgan fingerprint density at radius 1 is 1.21 bits per heavy atom. The number of hydrogen-bond donors (Lipinski definition) is 0. The molecule has 2 aliphatic rings. The maximum atomic E-state index is 12.0. The van der Waals surface area contributed by atoms with Crippen LogP contribution < -0.4 is 4.31 Å². The Balaban J connectivity index is 2.07. The van der Waals surface area contributed by atoms with E-state index in [1.165, 1.54) is 24.7 Å². The minimum atomic E-state index is -3.17. The van der Waals surface area contributed by atoms with Crippen LogP contribution in [0.3, 0.4) is 0 Å². The highest BCUT2D eigenvalue weighted by atomic mass is 32.2. The number of sulfonamides is 1. The lowest BCUT2D eigenvalue weighted by Crippen LogP contribution is -2.38. The highest BCUT2D eigenvalue weighted by Gasteiger charge is 2.46. The number of anilines is 1. The molecule has 0 bridgehead atoms.